The van der Waals surface area contributed by atoms with Crippen LogP contribution in [0.5, 0.6) is 5.75 Å². The zero-order valence-electron chi connectivity index (χ0n) is 9.78. The number of hydrogen-bond acceptors (Lipinski definition) is 2. The van der Waals surface area contributed by atoms with Crippen LogP contribution in [0.4, 0.5) is 0 Å². The summed E-state index contributed by atoms with van der Waals surface area (Å²) in [6, 6.07) is 7.75. The summed E-state index contributed by atoms with van der Waals surface area (Å²) >= 11 is 3.36. The molecule has 1 aliphatic rings. The molecule has 1 saturated carbocycles. The standard InChI is InChI=1S/C13H16BrNO2/c1-9(10-5-6-10)15-13(16)8-17-12-4-2-3-11(14)7-12/h2-4,7,9-10H,5-6,8H2,1H3,(H,15,16)/t9-/m0/s1. The number of halogens is 1. The van der Waals surface area contributed by atoms with E-state index in [0.29, 0.717) is 11.7 Å². The maximum Gasteiger partial charge on any atom is 0.258 e. The van der Waals surface area contributed by atoms with Crippen molar-refractivity contribution >= 4 is 21.8 Å². The fourth-order valence-electron chi connectivity index (χ4n) is 1.72. The molecular weight excluding hydrogens is 282 g/mol. The molecule has 1 atom stereocenters. The molecule has 1 aromatic carbocycles. The molecule has 1 amide bonds. The molecule has 0 radical (unpaired) electrons. The molecule has 1 N–H and O–H groups in total. The Morgan fingerprint density at radius 2 is 2.35 bits per heavy atom. The fourth-order valence-corrected chi connectivity index (χ4v) is 2.09. The van der Waals surface area contributed by atoms with E-state index in [1.807, 2.05) is 24.3 Å². The van der Waals surface area contributed by atoms with E-state index >= 15 is 0 Å². The molecule has 0 aromatic heterocycles. The van der Waals surface area contributed by atoms with Gasteiger partial charge in [0.1, 0.15) is 5.75 Å². The molecule has 92 valence electrons. The first-order valence-electron chi connectivity index (χ1n) is 5.83. The summed E-state index contributed by atoms with van der Waals surface area (Å²) < 4.78 is 6.35. The van der Waals surface area contributed by atoms with Crippen LogP contribution in [0.3, 0.4) is 0 Å². The highest BCUT2D eigenvalue weighted by Gasteiger charge is 2.28. The molecule has 17 heavy (non-hydrogen) atoms. The second-order valence-electron chi connectivity index (χ2n) is 4.44. The summed E-state index contributed by atoms with van der Waals surface area (Å²) in [5.74, 6) is 1.32. The average Bonchev–Trinajstić information content (AvgIpc) is 3.10. The maximum atomic E-state index is 11.6. The lowest BCUT2D eigenvalue weighted by atomic mass is 10.2. The Morgan fingerprint density at radius 3 is 3.00 bits per heavy atom. The number of carbonyl (C=O) groups is 1. The van der Waals surface area contributed by atoms with Gasteiger partial charge in [0, 0.05) is 10.5 Å². The number of ether oxygens (including phenoxy) is 1. The van der Waals surface area contributed by atoms with Crippen LogP contribution in [0.25, 0.3) is 0 Å². The van der Waals surface area contributed by atoms with Gasteiger partial charge in [-0.2, -0.15) is 0 Å². The molecule has 0 unspecified atom stereocenters. The van der Waals surface area contributed by atoms with Crippen molar-refractivity contribution in [1.82, 2.24) is 5.32 Å². The SMILES string of the molecule is C[C@H](NC(=O)COc1cccc(Br)c1)C1CC1. The maximum absolute atomic E-state index is 11.6. The van der Waals surface area contributed by atoms with E-state index in [1.165, 1.54) is 12.8 Å². The van der Waals surface area contributed by atoms with E-state index in [-0.39, 0.29) is 18.6 Å². The number of amides is 1. The van der Waals surface area contributed by atoms with E-state index in [2.05, 4.69) is 28.2 Å². The first kappa shape index (κ1) is 12.4. The normalized spacial score (nSPS) is 16.4. The molecule has 4 heteroatoms. The number of nitrogens with one attached hydrogen (secondary N) is 1. The van der Waals surface area contributed by atoms with Gasteiger partial charge in [0.25, 0.3) is 5.91 Å². The van der Waals surface area contributed by atoms with E-state index < -0.39 is 0 Å². The quantitative estimate of drug-likeness (QED) is 0.907. The molecular formula is C13H16BrNO2. The summed E-state index contributed by atoms with van der Waals surface area (Å²) in [5, 5.41) is 2.95. The van der Waals surface area contributed by atoms with Crippen molar-refractivity contribution in [2.45, 2.75) is 25.8 Å². The van der Waals surface area contributed by atoms with Crippen LogP contribution in [-0.2, 0) is 4.79 Å². The van der Waals surface area contributed by atoms with Crippen molar-refractivity contribution in [1.29, 1.82) is 0 Å². The van der Waals surface area contributed by atoms with Crippen molar-refractivity contribution in [2.24, 2.45) is 5.92 Å². The number of hydrogen-bond donors (Lipinski definition) is 1. The van der Waals surface area contributed by atoms with Crippen molar-refractivity contribution in [3.63, 3.8) is 0 Å². The third-order valence-electron chi connectivity index (χ3n) is 2.88. The second kappa shape index (κ2) is 5.54. The predicted octanol–water partition coefficient (Wildman–Crippen LogP) is 2.74. The number of carbonyl (C=O) groups excluding carboxylic acids is 1. The topological polar surface area (TPSA) is 38.3 Å². The zero-order chi connectivity index (χ0) is 12.3. The van der Waals surface area contributed by atoms with Crippen LogP contribution in [0.2, 0.25) is 0 Å². The Balaban J connectivity index is 1.75. The smallest absolute Gasteiger partial charge is 0.258 e. The van der Waals surface area contributed by atoms with E-state index in [0.717, 1.165) is 4.47 Å². The van der Waals surface area contributed by atoms with Gasteiger partial charge in [-0.3, -0.25) is 4.79 Å². The molecule has 1 aromatic rings. The van der Waals surface area contributed by atoms with Crippen LogP contribution in [0, 0.1) is 5.92 Å². The molecule has 2 rings (SSSR count). The monoisotopic (exact) mass is 297 g/mol. The Kier molecular flexibility index (Phi) is 4.05. The molecule has 1 fully saturated rings. The van der Waals surface area contributed by atoms with E-state index in [1.54, 1.807) is 0 Å². The summed E-state index contributed by atoms with van der Waals surface area (Å²) in [6.45, 7) is 2.13. The molecule has 1 aliphatic carbocycles. The zero-order valence-corrected chi connectivity index (χ0v) is 11.4. The van der Waals surface area contributed by atoms with Crippen LogP contribution in [0.1, 0.15) is 19.8 Å². The van der Waals surface area contributed by atoms with Gasteiger partial charge in [0.2, 0.25) is 0 Å². The van der Waals surface area contributed by atoms with Gasteiger partial charge in [-0.15, -0.1) is 0 Å². The molecule has 0 aliphatic heterocycles. The van der Waals surface area contributed by atoms with E-state index in [4.69, 9.17) is 4.74 Å². The number of benzene rings is 1. The van der Waals surface area contributed by atoms with Gasteiger partial charge in [0.15, 0.2) is 6.61 Å². The molecule has 0 saturated heterocycles. The second-order valence-corrected chi connectivity index (χ2v) is 5.36. The third-order valence-corrected chi connectivity index (χ3v) is 3.38. The van der Waals surface area contributed by atoms with Gasteiger partial charge in [0.05, 0.1) is 0 Å². The average molecular weight is 298 g/mol. The van der Waals surface area contributed by atoms with Crippen LogP contribution < -0.4 is 10.1 Å². The Bertz CT molecular complexity index is 404. The lowest BCUT2D eigenvalue weighted by Crippen LogP contribution is -2.37. The van der Waals surface area contributed by atoms with Gasteiger partial charge in [-0.25, -0.2) is 0 Å². The first-order chi connectivity index (χ1) is 8.15. The van der Waals surface area contributed by atoms with Gasteiger partial charge in [-0.1, -0.05) is 22.0 Å². The Labute approximate surface area is 110 Å². The van der Waals surface area contributed by atoms with Crippen molar-refractivity contribution in [3.8, 4) is 5.75 Å². The molecule has 0 bridgehead atoms. The number of rotatable bonds is 5. The highest BCUT2D eigenvalue weighted by atomic mass is 79.9. The van der Waals surface area contributed by atoms with Crippen molar-refractivity contribution in [2.75, 3.05) is 6.61 Å². The van der Waals surface area contributed by atoms with E-state index in [9.17, 15) is 4.79 Å². The Morgan fingerprint density at radius 1 is 1.59 bits per heavy atom. The Hall–Kier alpha value is -1.03. The summed E-state index contributed by atoms with van der Waals surface area (Å²) in [6.07, 6.45) is 2.46. The highest BCUT2D eigenvalue weighted by molar-refractivity contribution is 9.10. The summed E-state index contributed by atoms with van der Waals surface area (Å²) in [5.41, 5.74) is 0. The first-order valence-corrected chi connectivity index (χ1v) is 6.62. The minimum Gasteiger partial charge on any atom is -0.484 e. The van der Waals surface area contributed by atoms with Crippen molar-refractivity contribution < 1.29 is 9.53 Å². The minimum atomic E-state index is -0.0515. The van der Waals surface area contributed by atoms with Gasteiger partial charge >= 0.3 is 0 Å². The summed E-state index contributed by atoms with van der Waals surface area (Å²) in [4.78, 5) is 11.6. The van der Waals surface area contributed by atoms with Crippen LogP contribution >= 0.6 is 15.9 Å². The minimum absolute atomic E-state index is 0.0515. The van der Waals surface area contributed by atoms with Gasteiger partial charge in [-0.05, 0) is 43.9 Å². The van der Waals surface area contributed by atoms with Crippen molar-refractivity contribution in [3.05, 3.63) is 28.7 Å². The third kappa shape index (κ3) is 4.04. The predicted molar refractivity (Wildman–Crippen MR) is 70.0 cm³/mol. The van der Waals surface area contributed by atoms with Crippen LogP contribution in [0.15, 0.2) is 28.7 Å². The molecule has 0 heterocycles. The fraction of sp³-hybridized carbons (Fsp3) is 0.462. The van der Waals surface area contributed by atoms with Gasteiger partial charge < -0.3 is 10.1 Å². The largest absolute Gasteiger partial charge is 0.484 e. The lowest BCUT2D eigenvalue weighted by Gasteiger charge is -2.13. The molecule has 3 nitrogen and oxygen atoms in total. The lowest BCUT2D eigenvalue weighted by molar-refractivity contribution is -0.123. The van der Waals surface area contributed by atoms with Crippen LogP contribution in [-0.4, -0.2) is 18.6 Å². The highest BCUT2D eigenvalue weighted by Crippen LogP contribution is 2.32. The molecule has 0 spiro atoms. The summed E-state index contributed by atoms with van der Waals surface area (Å²) in [7, 11) is 0.